The molecule has 2 aromatic carbocycles. The van der Waals surface area contributed by atoms with E-state index in [1.165, 1.54) is 12.1 Å². The fourth-order valence-corrected chi connectivity index (χ4v) is 2.61. The number of carbonyl (C=O) groups excluding carboxylic acids is 2. The zero-order valence-corrected chi connectivity index (χ0v) is 15.3. The van der Waals surface area contributed by atoms with Crippen molar-refractivity contribution in [3.05, 3.63) is 81.3 Å². The first-order valence-electron chi connectivity index (χ1n) is 8.11. The van der Waals surface area contributed by atoms with Gasteiger partial charge in [0, 0.05) is 17.3 Å². The molecule has 0 saturated carbocycles. The van der Waals surface area contributed by atoms with E-state index in [1.807, 2.05) is 0 Å². The molecule has 0 aliphatic carbocycles. The number of nitro benzene ring substituents is 1. The van der Waals surface area contributed by atoms with Crippen LogP contribution in [0.5, 0.6) is 0 Å². The summed E-state index contributed by atoms with van der Waals surface area (Å²) in [5, 5.41) is 13.4. The van der Waals surface area contributed by atoms with E-state index >= 15 is 0 Å². The van der Waals surface area contributed by atoms with Crippen molar-refractivity contribution < 1.29 is 28.1 Å². The van der Waals surface area contributed by atoms with E-state index in [0.717, 1.165) is 18.2 Å². The summed E-state index contributed by atoms with van der Waals surface area (Å²) in [4.78, 5) is 33.7. The highest BCUT2D eigenvalue weighted by atomic mass is 35.5. The van der Waals surface area contributed by atoms with Crippen LogP contribution in [0.1, 0.15) is 10.6 Å². The molecule has 3 rings (SSSR count). The Kier molecular flexibility index (Phi) is 5.89. The molecule has 0 aliphatic rings. The first kappa shape index (κ1) is 20.0. The molecule has 0 bridgehead atoms. The summed E-state index contributed by atoms with van der Waals surface area (Å²) in [5.74, 6) is -2.47. The molecule has 8 nitrogen and oxygen atoms in total. The van der Waals surface area contributed by atoms with Gasteiger partial charge >= 0.3 is 11.7 Å². The molecule has 1 aromatic heterocycles. The molecule has 1 heterocycles. The Morgan fingerprint density at radius 2 is 1.93 bits per heavy atom. The van der Waals surface area contributed by atoms with Gasteiger partial charge in [-0.25, -0.2) is 4.79 Å². The molecule has 0 spiro atoms. The van der Waals surface area contributed by atoms with Crippen molar-refractivity contribution in [3.63, 3.8) is 0 Å². The first-order valence-corrected chi connectivity index (χ1v) is 8.48. The summed E-state index contributed by atoms with van der Waals surface area (Å²) in [7, 11) is 0. The van der Waals surface area contributed by atoms with Crippen LogP contribution >= 0.6 is 11.6 Å². The standard InChI is InChI=1S/C19H12ClFN2O6/c20-13-4-2-1-3-12(13)16-7-8-17(29-16)19(25)28-10-18(24)22-11-5-6-14(21)15(9-11)23(26)27/h1-9H,10H2,(H,22,24). The Bertz CT molecular complexity index is 1100. The molecule has 0 atom stereocenters. The van der Waals surface area contributed by atoms with Crippen LogP contribution in [0.25, 0.3) is 11.3 Å². The van der Waals surface area contributed by atoms with Gasteiger partial charge in [-0.3, -0.25) is 14.9 Å². The van der Waals surface area contributed by atoms with Crippen molar-refractivity contribution in [1.29, 1.82) is 0 Å². The Morgan fingerprint density at radius 3 is 2.66 bits per heavy atom. The molecule has 148 valence electrons. The van der Waals surface area contributed by atoms with Gasteiger partial charge in [0.1, 0.15) is 5.76 Å². The maximum absolute atomic E-state index is 13.3. The summed E-state index contributed by atoms with van der Waals surface area (Å²) in [6.07, 6.45) is 0. The van der Waals surface area contributed by atoms with Gasteiger partial charge in [-0.05, 0) is 36.4 Å². The summed E-state index contributed by atoms with van der Waals surface area (Å²) in [5.41, 5.74) is -0.218. The Morgan fingerprint density at radius 1 is 1.17 bits per heavy atom. The number of halogens is 2. The highest BCUT2D eigenvalue weighted by molar-refractivity contribution is 6.33. The number of nitrogens with zero attached hydrogens (tertiary/aromatic N) is 1. The predicted octanol–water partition coefficient (Wildman–Crippen LogP) is 4.44. The largest absolute Gasteiger partial charge is 0.450 e. The first-order chi connectivity index (χ1) is 13.8. The highest BCUT2D eigenvalue weighted by Gasteiger charge is 2.18. The van der Waals surface area contributed by atoms with Crippen molar-refractivity contribution in [2.45, 2.75) is 0 Å². The lowest BCUT2D eigenvalue weighted by Gasteiger charge is -2.06. The molecular weight excluding hydrogens is 407 g/mol. The van der Waals surface area contributed by atoms with Crippen LogP contribution in [0.2, 0.25) is 5.02 Å². The van der Waals surface area contributed by atoms with Gasteiger partial charge in [0.25, 0.3) is 5.91 Å². The Balaban J connectivity index is 1.60. The maximum atomic E-state index is 13.3. The molecule has 0 fully saturated rings. The number of ether oxygens (including phenoxy) is 1. The number of carbonyl (C=O) groups is 2. The van der Waals surface area contributed by atoms with E-state index in [2.05, 4.69) is 5.32 Å². The van der Waals surface area contributed by atoms with Crippen molar-refractivity contribution in [2.75, 3.05) is 11.9 Å². The minimum Gasteiger partial charge on any atom is -0.450 e. The van der Waals surface area contributed by atoms with Crippen molar-refractivity contribution in [3.8, 4) is 11.3 Å². The highest BCUT2D eigenvalue weighted by Crippen LogP contribution is 2.29. The lowest BCUT2D eigenvalue weighted by Crippen LogP contribution is -2.20. The second kappa shape index (κ2) is 8.53. The molecule has 3 aromatic rings. The number of hydrogen-bond donors (Lipinski definition) is 1. The number of rotatable bonds is 6. The van der Waals surface area contributed by atoms with Crippen molar-refractivity contribution in [1.82, 2.24) is 0 Å². The van der Waals surface area contributed by atoms with E-state index in [1.54, 1.807) is 24.3 Å². The van der Waals surface area contributed by atoms with Gasteiger partial charge < -0.3 is 14.5 Å². The lowest BCUT2D eigenvalue weighted by atomic mass is 10.2. The molecule has 1 amide bonds. The van der Waals surface area contributed by atoms with Crippen LogP contribution in [0.15, 0.2) is 59.0 Å². The molecule has 0 radical (unpaired) electrons. The second-order valence-corrected chi connectivity index (χ2v) is 6.10. The number of anilines is 1. The van der Waals surface area contributed by atoms with E-state index in [0.29, 0.717) is 16.3 Å². The molecule has 10 heteroatoms. The van der Waals surface area contributed by atoms with Gasteiger partial charge in [0.2, 0.25) is 11.6 Å². The zero-order chi connectivity index (χ0) is 21.0. The third-order valence-corrected chi connectivity index (χ3v) is 4.04. The third-order valence-electron chi connectivity index (χ3n) is 3.71. The minimum atomic E-state index is -1.04. The summed E-state index contributed by atoms with van der Waals surface area (Å²) in [6.45, 7) is -0.674. The molecule has 29 heavy (non-hydrogen) atoms. The molecule has 0 saturated heterocycles. The molecule has 1 N–H and O–H groups in total. The lowest BCUT2D eigenvalue weighted by molar-refractivity contribution is -0.387. The third kappa shape index (κ3) is 4.77. The number of nitro groups is 1. The Labute approximate surface area is 168 Å². The zero-order valence-electron chi connectivity index (χ0n) is 14.6. The fraction of sp³-hybridized carbons (Fsp3) is 0.0526. The van der Waals surface area contributed by atoms with Gasteiger partial charge in [-0.15, -0.1) is 0 Å². The van der Waals surface area contributed by atoms with Gasteiger partial charge in [-0.1, -0.05) is 23.7 Å². The number of furan rings is 1. The fourth-order valence-electron chi connectivity index (χ4n) is 2.38. The number of esters is 1. The second-order valence-electron chi connectivity index (χ2n) is 5.69. The monoisotopic (exact) mass is 418 g/mol. The molecular formula is C19H12ClFN2O6. The molecule has 0 aliphatic heterocycles. The van der Waals surface area contributed by atoms with Gasteiger partial charge in [-0.2, -0.15) is 4.39 Å². The van der Waals surface area contributed by atoms with Crippen LogP contribution in [-0.4, -0.2) is 23.4 Å². The normalized spacial score (nSPS) is 10.4. The van der Waals surface area contributed by atoms with E-state index in [4.69, 9.17) is 20.8 Å². The number of hydrogen-bond acceptors (Lipinski definition) is 6. The summed E-state index contributed by atoms with van der Waals surface area (Å²) < 4.78 is 23.6. The Hall–Kier alpha value is -3.72. The van der Waals surface area contributed by atoms with Crippen LogP contribution in [0, 0.1) is 15.9 Å². The van der Waals surface area contributed by atoms with E-state index in [9.17, 15) is 24.1 Å². The smallest absolute Gasteiger partial charge is 0.374 e. The quantitative estimate of drug-likeness (QED) is 0.360. The van der Waals surface area contributed by atoms with Crippen LogP contribution in [0.4, 0.5) is 15.8 Å². The van der Waals surface area contributed by atoms with Crippen LogP contribution < -0.4 is 5.32 Å². The number of amides is 1. The van der Waals surface area contributed by atoms with Crippen LogP contribution in [0.3, 0.4) is 0 Å². The number of nitrogens with one attached hydrogen (secondary N) is 1. The van der Waals surface area contributed by atoms with Crippen molar-refractivity contribution >= 4 is 34.9 Å². The average molecular weight is 419 g/mol. The van der Waals surface area contributed by atoms with E-state index < -0.39 is 34.9 Å². The minimum absolute atomic E-state index is 0.0156. The topological polar surface area (TPSA) is 112 Å². The predicted molar refractivity (Wildman–Crippen MR) is 101 cm³/mol. The maximum Gasteiger partial charge on any atom is 0.374 e. The van der Waals surface area contributed by atoms with Gasteiger partial charge in [0.05, 0.1) is 9.95 Å². The summed E-state index contributed by atoms with van der Waals surface area (Å²) >= 11 is 6.07. The SMILES string of the molecule is O=C(COC(=O)c1ccc(-c2ccccc2Cl)o1)Nc1ccc(F)c([N+](=O)[O-])c1. The van der Waals surface area contributed by atoms with Crippen LogP contribution in [-0.2, 0) is 9.53 Å². The van der Waals surface area contributed by atoms with Gasteiger partial charge in [0.15, 0.2) is 6.61 Å². The van der Waals surface area contributed by atoms with Crippen molar-refractivity contribution in [2.24, 2.45) is 0 Å². The van der Waals surface area contributed by atoms with E-state index in [-0.39, 0.29) is 11.4 Å². The molecule has 0 unspecified atom stereocenters. The average Bonchev–Trinajstić information content (AvgIpc) is 3.18. The summed E-state index contributed by atoms with van der Waals surface area (Å²) in [6, 6.07) is 12.6. The number of benzene rings is 2.